The normalized spacial score (nSPS) is 27.9. The summed E-state index contributed by atoms with van der Waals surface area (Å²) >= 11 is 0. The molecule has 0 saturated carbocycles. The highest BCUT2D eigenvalue weighted by Gasteiger charge is 2.42. The molecule has 3 atom stereocenters. The van der Waals surface area contributed by atoms with Gasteiger partial charge in [-0.1, -0.05) is 0 Å². The third kappa shape index (κ3) is 2.32. The molecule has 1 saturated heterocycles. The molecule has 0 aromatic heterocycles. The summed E-state index contributed by atoms with van der Waals surface area (Å²) in [5.41, 5.74) is 0. The molecule has 6 nitrogen and oxygen atoms in total. The van der Waals surface area contributed by atoms with E-state index in [1.54, 1.807) is 0 Å². The van der Waals surface area contributed by atoms with Crippen molar-refractivity contribution in [3.8, 4) is 11.5 Å². The molecule has 1 fully saturated rings. The van der Waals surface area contributed by atoms with Gasteiger partial charge in [0.25, 0.3) is 5.91 Å². The van der Waals surface area contributed by atoms with Crippen LogP contribution in [0.2, 0.25) is 0 Å². The number of amides is 1. The Bertz CT molecular complexity index is 405. The van der Waals surface area contributed by atoms with Crippen LogP contribution < -0.4 is 10.1 Å². The van der Waals surface area contributed by atoms with Gasteiger partial charge in [-0.25, -0.2) is 0 Å². The highest BCUT2D eigenvalue weighted by molar-refractivity contribution is 5.84. The van der Waals surface area contributed by atoms with Crippen LogP contribution in [0.4, 0.5) is 0 Å². The lowest BCUT2D eigenvalue weighted by Crippen LogP contribution is -2.40. The Hall–Kier alpha value is -1.79. The molecule has 0 spiro atoms. The quantitative estimate of drug-likeness (QED) is 0.542. The molecule has 92 valence electrons. The van der Waals surface area contributed by atoms with Crippen molar-refractivity contribution in [1.82, 2.24) is 5.32 Å². The molecule has 0 aliphatic carbocycles. The molecular weight excluding hydrogens is 226 g/mol. The van der Waals surface area contributed by atoms with Crippen LogP contribution in [0, 0.1) is 0 Å². The van der Waals surface area contributed by atoms with Crippen molar-refractivity contribution in [2.24, 2.45) is 0 Å². The van der Waals surface area contributed by atoms with E-state index >= 15 is 0 Å². The SMILES string of the molecule is O=C1NC(CO)C(Oc2ccc(O)cc2)C1O. The number of carbonyl (C=O) groups excluding carboxylic acids is 1. The minimum absolute atomic E-state index is 0.0947. The Kier molecular flexibility index (Phi) is 3.16. The molecule has 6 heteroatoms. The summed E-state index contributed by atoms with van der Waals surface area (Å²) in [4.78, 5) is 11.2. The Balaban J connectivity index is 2.11. The lowest BCUT2D eigenvalue weighted by Gasteiger charge is -2.20. The van der Waals surface area contributed by atoms with E-state index in [1.807, 2.05) is 0 Å². The van der Waals surface area contributed by atoms with Crippen LogP contribution in [0.25, 0.3) is 0 Å². The molecule has 1 aliphatic heterocycles. The Labute approximate surface area is 97.5 Å². The predicted molar refractivity (Wildman–Crippen MR) is 57.5 cm³/mol. The van der Waals surface area contributed by atoms with Gasteiger partial charge in [-0.15, -0.1) is 0 Å². The van der Waals surface area contributed by atoms with Crippen LogP contribution >= 0.6 is 0 Å². The summed E-state index contributed by atoms with van der Waals surface area (Å²) in [5.74, 6) is -0.0631. The largest absolute Gasteiger partial charge is 0.508 e. The minimum atomic E-state index is -1.30. The maximum absolute atomic E-state index is 11.2. The van der Waals surface area contributed by atoms with Gasteiger partial charge in [0, 0.05) is 0 Å². The van der Waals surface area contributed by atoms with E-state index in [0.717, 1.165) is 0 Å². The number of carbonyl (C=O) groups is 1. The first-order chi connectivity index (χ1) is 8.11. The topological polar surface area (TPSA) is 99.0 Å². The van der Waals surface area contributed by atoms with Crippen LogP contribution in [0.5, 0.6) is 11.5 Å². The number of phenolic OH excluding ortho intramolecular Hbond substituents is 1. The van der Waals surface area contributed by atoms with Crippen molar-refractivity contribution < 1.29 is 24.9 Å². The zero-order valence-electron chi connectivity index (χ0n) is 8.91. The van der Waals surface area contributed by atoms with E-state index in [9.17, 15) is 9.90 Å². The van der Waals surface area contributed by atoms with Crippen LogP contribution in [-0.4, -0.2) is 46.1 Å². The summed E-state index contributed by atoms with van der Waals surface area (Å²) in [6.07, 6.45) is -2.14. The molecule has 17 heavy (non-hydrogen) atoms. The van der Waals surface area contributed by atoms with E-state index in [4.69, 9.17) is 14.9 Å². The summed E-state index contributed by atoms with van der Waals surface area (Å²) in [6.45, 7) is -0.314. The van der Waals surface area contributed by atoms with E-state index in [1.165, 1.54) is 24.3 Å². The molecule has 1 aromatic rings. The van der Waals surface area contributed by atoms with Gasteiger partial charge < -0.3 is 25.4 Å². The molecule has 2 rings (SSSR count). The first-order valence-electron chi connectivity index (χ1n) is 5.17. The lowest BCUT2D eigenvalue weighted by atomic mass is 10.1. The molecule has 1 amide bonds. The summed E-state index contributed by atoms with van der Waals surface area (Å²) in [5, 5.41) is 30.1. The second-order valence-electron chi connectivity index (χ2n) is 3.82. The van der Waals surface area contributed by atoms with E-state index < -0.39 is 24.2 Å². The monoisotopic (exact) mass is 239 g/mol. The van der Waals surface area contributed by atoms with Gasteiger partial charge in [0.15, 0.2) is 12.2 Å². The van der Waals surface area contributed by atoms with Crippen molar-refractivity contribution >= 4 is 5.91 Å². The van der Waals surface area contributed by atoms with Crippen molar-refractivity contribution in [1.29, 1.82) is 0 Å². The zero-order chi connectivity index (χ0) is 12.4. The number of benzene rings is 1. The average molecular weight is 239 g/mol. The van der Waals surface area contributed by atoms with Gasteiger partial charge >= 0.3 is 0 Å². The molecule has 1 heterocycles. The standard InChI is InChI=1S/C11H13NO5/c13-5-8-10(9(15)11(16)12-8)17-7-3-1-6(14)2-4-7/h1-4,8-10,13-15H,5H2,(H,12,16). The van der Waals surface area contributed by atoms with Crippen molar-refractivity contribution in [3.05, 3.63) is 24.3 Å². The maximum Gasteiger partial charge on any atom is 0.253 e. The van der Waals surface area contributed by atoms with Crippen molar-refractivity contribution in [2.75, 3.05) is 6.61 Å². The first-order valence-corrected chi connectivity index (χ1v) is 5.17. The number of aromatic hydroxyl groups is 1. The number of hydrogen-bond acceptors (Lipinski definition) is 5. The molecule has 1 aromatic carbocycles. The number of ether oxygens (including phenoxy) is 1. The van der Waals surface area contributed by atoms with Crippen molar-refractivity contribution in [3.63, 3.8) is 0 Å². The summed E-state index contributed by atoms with van der Waals surface area (Å²) < 4.78 is 5.41. The second-order valence-corrected chi connectivity index (χ2v) is 3.82. The van der Waals surface area contributed by atoms with Crippen LogP contribution in [-0.2, 0) is 4.79 Å². The van der Waals surface area contributed by atoms with Gasteiger partial charge in [-0.3, -0.25) is 4.79 Å². The van der Waals surface area contributed by atoms with E-state index in [0.29, 0.717) is 5.75 Å². The molecular formula is C11H13NO5. The summed E-state index contributed by atoms with van der Waals surface area (Å²) in [6, 6.07) is 5.25. The Morgan fingerprint density at radius 1 is 1.29 bits per heavy atom. The number of aliphatic hydroxyl groups is 2. The first kappa shape index (κ1) is 11.7. The molecule has 3 unspecified atom stereocenters. The molecule has 0 bridgehead atoms. The Morgan fingerprint density at radius 3 is 2.53 bits per heavy atom. The van der Waals surface area contributed by atoms with Crippen LogP contribution in [0.15, 0.2) is 24.3 Å². The second kappa shape index (κ2) is 4.60. The lowest BCUT2D eigenvalue weighted by molar-refractivity contribution is -0.127. The van der Waals surface area contributed by atoms with E-state index in [2.05, 4.69) is 5.32 Å². The molecule has 1 aliphatic rings. The van der Waals surface area contributed by atoms with Gasteiger partial charge in [-0.2, -0.15) is 0 Å². The van der Waals surface area contributed by atoms with Crippen molar-refractivity contribution in [2.45, 2.75) is 18.2 Å². The number of rotatable bonds is 3. The minimum Gasteiger partial charge on any atom is -0.508 e. The van der Waals surface area contributed by atoms with Crippen LogP contribution in [0.1, 0.15) is 0 Å². The van der Waals surface area contributed by atoms with Gasteiger partial charge in [0.1, 0.15) is 11.5 Å². The molecule has 0 radical (unpaired) electrons. The summed E-state index contributed by atoms with van der Waals surface area (Å²) in [7, 11) is 0. The number of hydrogen-bond donors (Lipinski definition) is 4. The Morgan fingerprint density at radius 2 is 1.94 bits per heavy atom. The van der Waals surface area contributed by atoms with E-state index in [-0.39, 0.29) is 12.4 Å². The van der Waals surface area contributed by atoms with Gasteiger partial charge in [0.2, 0.25) is 0 Å². The third-order valence-corrected chi connectivity index (χ3v) is 2.61. The smallest absolute Gasteiger partial charge is 0.253 e. The van der Waals surface area contributed by atoms with Gasteiger partial charge in [0.05, 0.1) is 12.6 Å². The predicted octanol–water partition coefficient (Wildman–Crippen LogP) is -1.01. The maximum atomic E-state index is 11.2. The number of aliphatic hydroxyl groups excluding tert-OH is 2. The fourth-order valence-corrected chi connectivity index (χ4v) is 1.70. The third-order valence-electron chi connectivity index (χ3n) is 2.61. The fraction of sp³-hybridized carbons (Fsp3) is 0.364. The number of nitrogens with one attached hydrogen (secondary N) is 1. The number of phenols is 1. The highest BCUT2D eigenvalue weighted by atomic mass is 16.5. The fourth-order valence-electron chi connectivity index (χ4n) is 1.70. The van der Waals surface area contributed by atoms with Crippen LogP contribution in [0.3, 0.4) is 0 Å². The zero-order valence-corrected chi connectivity index (χ0v) is 8.91. The average Bonchev–Trinajstić information content (AvgIpc) is 2.59. The molecule has 4 N–H and O–H groups in total. The highest BCUT2D eigenvalue weighted by Crippen LogP contribution is 2.21. The van der Waals surface area contributed by atoms with Gasteiger partial charge in [-0.05, 0) is 24.3 Å².